The van der Waals surface area contributed by atoms with Crippen LogP contribution in [0, 0.1) is 0 Å². The third kappa shape index (κ3) is 6.54. The first-order chi connectivity index (χ1) is 17.1. The van der Waals surface area contributed by atoms with Crippen molar-refractivity contribution < 1.29 is 27.4 Å². The molecular formula is C26H29N3O6S. The molecule has 3 rings (SSSR count). The molecule has 0 bridgehead atoms. The molecule has 0 aromatic heterocycles. The fourth-order valence-corrected chi connectivity index (χ4v) is 4.63. The number of amides is 1. The fraction of sp³-hybridized carbons (Fsp3) is 0.231. The molecule has 0 aliphatic carbocycles. The highest BCUT2D eigenvalue weighted by Gasteiger charge is 2.29. The van der Waals surface area contributed by atoms with E-state index in [2.05, 4.69) is 10.5 Å². The molecule has 36 heavy (non-hydrogen) atoms. The van der Waals surface area contributed by atoms with Crippen LogP contribution < -0.4 is 23.9 Å². The molecule has 0 heterocycles. The number of nitrogens with one attached hydrogen (secondary N) is 1. The summed E-state index contributed by atoms with van der Waals surface area (Å²) < 4.78 is 42.5. The lowest BCUT2D eigenvalue weighted by molar-refractivity contribution is -0.121. The average Bonchev–Trinajstić information content (AvgIpc) is 2.87. The minimum Gasteiger partial charge on any atom is -0.493 e. The molecule has 0 spiro atoms. The summed E-state index contributed by atoms with van der Waals surface area (Å²) in [5, 5.41) is 4.14. The number of hydrogen-bond acceptors (Lipinski definition) is 7. The lowest BCUT2D eigenvalue weighted by Crippen LogP contribution is -2.46. The maximum absolute atomic E-state index is 12.9. The third-order valence-corrected chi connectivity index (χ3v) is 6.54. The Morgan fingerprint density at radius 2 is 1.53 bits per heavy atom. The standard InChI is InChI=1S/C26H29N3O6S/c1-18(20-11-16-24(33-3)25(17-20)34-4)27-28-26(30)19(2)29(36(5,31)32)21-12-14-23(15-13-21)35-22-9-7-6-8-10-22/h6-17,19H,1-5H3,(H,28,30)/b27-18-/t19-/m1/s1. The summed E-state index contributed by atoms with van der Waals surface area (Å²) in [6.07, 6.45) is 1.04. The van der Waals surface area contributed by atoms with Crippen LogP contribution in [-0.4, -0.2) is 46.6 Å². The normalized spacial score (nSPS) is 12.4. The molecule has 1 N–H and O–H groups in total. The van der Waals surface area contributed by atoms with Crippen molar-refractivity contribution in [2.75, 3.05) is 24.8 Å². The van der Waals surface area contributed by atoms with E-state index in [-0.39, 0.29) is 0 Å². The quantitative estimate of drug-likeness (QED) is 0.323. The Bertz CT molecular complexity index is 1330. The smallest absolute Gasteiger partial charge is 0.263 e. The molecule has 190 valence electrons. The summed E-state index contributed by atoms with van der Waals surface area (Å²) in [4.78, 5) is 12.9. The van der Waals surface area contributed by atoms with Crippen LogP contribution in [0.2, 0.25) is 0 Å². The van der Waals surface area contributed by atoms with Gasteiger partial charge in [-0.1, -0.05) is 18.2 Å². The zero-order valence-corrected chi connectivity index (χ0v) is 21.6. The topological polar surface area (TPSA) is 107 Å². The zero-order valence-electron chi connectivity index (χ0n) is 20.8. The molecule has 0 saturated heterocycles. The molecule has 1 atom stereocenters. The number of para-hydroxylation sites is 1. The molecule has 0 unspecified atom stereocenters. The second-order valence-electron chi connectivity index (χ2n) is 7.89. The summed E-state index contributed by atoms with van der Waals surface area (Å²) in [6.45, 7) is 3.21. The Morgan fingerprint density at radius 3 is 2.11 bits per heavy atom. The number of hydrazone groups is 1. The van der Waals surface area contributed by atoms with Gasteiger partial charge in [-0.25, -0.2) is 13.8 Å². The molecule has 3 aromatic rings. The van der Waals surface area contributed by atoms with E-state index < -0.39 is 22.0 Å². The Balaban J connectivity index is 1.76. The van der Waals surface area contributed by atoms with Gasteiger partial charge in [0.15, 0.2) is 11.5 Å². The van der Waals surface area contributed by atoms with Gasteiger partial charge in [0.2, 0.25) is 10.0 Å². The van der Waals surface area contributed by atoms with Crippen molar-refractivity contribution in [2.24, 2.45) is 5.10 Å². The maximum Gasteiger partial charge on any atom is 0.263 e. The van der Waals surface area contributed by atoms with Gasteiger partial charge in [0.25, 0.3) is 5.91 Å². The minimum absolute atomic E-state index is 0.321. The number of rotatable bonds is 10. The van der Waals surface area contributed by atoms with Gasteiger partial charge >= 0.3 is 0 Å². The number of ether oxygens (including phenoxy) is 3. The summed E-state index contributed by atoms with van der Waals surface area (Å²) in [5.74, 6) is 1.68. The zero-order chi connectivity index (χ0) is 26.3. The number of carbonyl (C=O) groups excluding carboxylic acids is 1. The average molecular weight is 512 g/mol. The highest BCUT2D eigenvalue weighted by atomic mass is 32.2. The molecule has 1 amide bonds. The van der Waals surface area contributed by atoms with E-state index in [0.717, 1.165) is 10.6 Å². The number of methoxy groups -OCH3 is 2. The monoisotopic (exact) mass is 511 g/mol. The molecule has 0 fully saturated rings. The first-order valence-corrected chi connectivity index (χ1v) is 12.9. The largest absolute Gasteiger partial charge is 0.493 e. The van der Waals surface area contributed by atoms with Crippen molar-refractivity contribution in [1.82, 2.24) is 5.43 Å². The summed E-state index contributed by atoms with van der Waals surface area (Å²) in [5.41, 5.74) is 3.99. The van der Waals surface area contributed by atoms with Crippen LogP contribution in [0.3, 0.4) is 0 Å². The summed E-state index contributed by atoms with van der Waals surface area (Å²) in [6, 6.07) is 19.8. The van der Waals surface area contributed by atoms with E-state index in [0.29, 0.717) is 40.0 Å². The maximum atomic E-state index is 12.9. The Hall–Kier alpha value is -4.05. The second kappa shape index (κ2) is 11.6. The highest BCUT2D eigenvalue weighted by Crippen LogP contribution is 2.28. The number of hydrogen-bond donors (Lipinski definition) is 1. The van der Waals surface area contributed by atoms with Crippen molar-refractivity contribution >= 4 is 27.3 Å². The van der Waals surface area contributed by atoms with E-state index >= 15 is 0 Å². The van der Waals surface area contributed by atoms with E-state index in [9.17, 15) is 13.2 Å². The minimum atomic E-state index is -3.79. The van der Waals surface area contributed by atoms with Crippen LogP contribution >= 0.6 is 0 Å². The van der Waals surface area contributed by atoms with Gasteiger partial charge in [0, 0.05) is 5.56 Å². The molecular weight excluding hydrogens is 482 g/mol. The molecule has 9 nitrogen and oxygen atoms in total. The Kier molecular flexibility index (Phi) is 8.55. The molecule has 0 aliphatic heterocycles. The van der Waals surface area contributed by atoms with Gasteiger partial charge in [-0.15, -0.1) is 0 Å². The van der Waals surface area contributed by atoms with Crippen LogP contribution in [0.25, 0.3) is 0 Å². The van der Waals surface area contributed by atoms with Crippen molar-refractivity contribution in [3.05, 3.63) is 78.4 Å². The number of carbonyl (C=O) groups is 1. The van der Waals surface area contributed by atoms with Crippen molar-refractivity contribution in [3.8, 4) is 23.0 Å². The first-order valence-electron chi connectivity index (χ1n) is 11.0. The van der Waals surface area contributed by atoms with Crippen LogP contribution in [0.5, 0.6) is 23.0 Å². The van der Waals surface area contributed by atoms with Gasteiger partial charge in [0.05, 0.1) is 31.9 Å². The van der Waals surface area contributed by atoms with Crippen molar-refractivity contribution in [3.63, 3.8) is 0 Å². The Morgan fingerprint density at radius 1 is 0.917 bits per heavy atom. The van der Waals surface area contributed by atoms with Crippen molar-refractivity contribution in [1.29, 1.82) is 0 Å². The van der Waals surface area contributed by atoms with E-state index in [1.165, 1.54) is 21.1 Å². The Labute approximate surface area is 211 Å². The number of anilines is 1. The van der Waals surface area contributed by atoms with Crippen LogP contribution in [-0.2, 0) is 14.8 Å². The molecule has 0 saturated carbocycles. The van der Waals surface area contributed by atoms with Gasteiger partial charge in [-0.05, 0) is 68.4 Å². The lowest BCUT2D eigenvalue weighted by atomic mass is 10.1. The van der Waals surface area contributed by atoms with Gasteiger partial charge in [-0.2, -0.15) is 5.10 Å². The van der Waals surface area contributed by atoms with Crippen molar-refractivity contribution in [2.45, 2.75) is 19.9 Å². The third-order valence-electron chi connectivity index (χ3n) is 5.29. The predicted octanol–water partition coefficient (Wildman–Crippen LogP) is 4.19. The van der Waals surface area contributed by atoms with Crippen LogP contribution in [0.1, 0.15) is 19.4 Å². The molecule has 0 radical (unpaired) electrons. The van der Waals surface area contributed by atoms with Gasteiger partial charge < -0.3 is 14.2 Å². The lowest BCUT2D eigenvalue weighted by Gasteiger charge is -2.27. The fourth-order valence-electron chi connectivity index (χ4n) is 3.45. The van der Waals surface area contributed by atoms with E-state index in [1.807, 2.05) is 30.3 Å². The van der Waals surface area contributed by atoms with Gasteiger partial charge in [-0.3, -0.25) is 9.10 Å². The SMILES string of the molecule is COc1ccc(/C(C)=N\NC(=O)[C@@H](C)N(c2ccc(Oc3ccccc3)cc2)S(C)(=O)=O)cc1OC. The first kappa shape index (κ1) is 26.6. The summed E-state index contributed by atoms with van der Waals surface area (Å²) in [7, 11) is -0.724. The van der Waals surface area contributed by atoms with E-state index in [1.54, 1.807) is 49.4 Å². The number of nitrogens with zero attached hydrogens (tertiary/aromatic N) is 2. The molecule has 3 aromatic carbocycles. The highest BCUT2D eigenvalue weighted by molar-refractivity contribution is 7.92. The summed E-state index contributed by atoms with van der Waals surface area (Å²) >= 11 is 0. The number of benzene rings is 3. The molecule has 10 heteroatoms. The van der Waals surface area contributed by atoms with Crippen LogP contribution in [0.15, 0.2) is 77.9 Å². The van der Waals surface area contributed by atoms with Gasteiger partial charge in [0.1, 0.15) is 17.5 Å². The van der Waals surface area contributed by atoms with Crippen LogP contribution in [0.4, 0.5) is 5.69 Å². The predicted molar refractivity (Wildman–Crippen MR) is 140 cm³/mol. The number of sulfonamides is 1. The second-order valence-corrected chi connectivity index (χ2v) is 9.75. The molecule has 0 aliphatic rings. The van der Waals surface area contributed by atoms with E-state index in [4.69, 9.17) is 14.2 Å².